The molecule has 1 rings (SSSR count). The number of aryl methyl sites for hydroxylation is 2. The third-order valence-electron chi connectivity index (χ3n) is 1.95. The fraction of sp³-hybridized carbons (Fsp3) is 0.545. The summed E-state index contributed by atoms with van der Waals surface area (Å²) >= 11 is 1.54. The molecule has 0 aliphatic carbocycles. The lowest BCUT2D eigenvalue weighted by molar-refractivity contribution is 0.164. The molecule has 0 radical (unpaired) electrons. The first-order valence-corrected chi connectivity index (χ1v) is 6.13. The molecule has 16 heavy (non-hydrogen) atoms. The Morgan fingerprint density at radius 2 is 2.12 bits per heavy atom. The molecule has 0 N–H and O–H groups in total. The van der Waals surface area contributed by atoms with Crippen LogP contribution in [0.5, 0.6) is 0 Å². The van der Waals surface area contributed by atoms with Gasteiger partial charge in [0, 0.05) is 12.4 Å². The monoisotopic (exact) mass is 237 g/mol. The van der Waals surface area contributed by atoms with Crippen molar-refractivity contribution in [3.8, 4) is 6.07 Å². The highest BCUT2D eigenvalue weighted by molar-refractivity contribution is 7.99. The van der Waals surface area contributed by atoms with Crippen molar-refractivity contribution >= 4 is 11.8 Å². The Balaban J connectivity index is 2.75. The Hall–Kier alpha value is -1.12. The van der Waals surface area contributed by atoms with E-state index in [1.54, 1.807) is 11.8 Å². The molecule has 0 bridgehead atoms. The zero-order valence-electron chi connectivity index (χ0n) is 9.78. The van der Waals surface area contributed by atoms with E-state index in [9.17, 15) is 0 Å². The van der Waals surface area contributed by atoms with Crippen LogP contribution >= 0.6 is 11.8 Å². The molecular weight excluding hydrogens is 222 g/mol. The second-order valence-electron chi connectivity index (χ2n) is 3.19. The van der Waals surface area contributed by atoms with Crippen LogP contribution < -0.4 is 0 Å². The highest BCUT2D eigenvalue weighted by Gasteiger charge is 2.09. The second kappa shape index (κ2) is 6.46. The quantitative estimate of drug-likeness (QED) is 0.446. The van der Waals surface area contributed by atoms with Crippen molar-refractivity contribution in [1.82, 2.24) is 9.97 Å². The molecule has 0 amide bonds. The van der Waals surface area contributed by atoms with E-state index in [0.29, 0.717) is 24.6 Å². The van der Waals surface area contributed by atoms with Gasteiger partial charge < -0.3 is 4.74 Å². The average molecular weight is 237 g/mol. The van der Waals surface area contributed by atoms with Crippen LogP contribution in [0.4, 0.5) is 0 Å². The fourth-order valence-corrected chi connectivity index (χ4v) is 2.18. The lowest BCUT2D eigenvalue weighted by atomic mass is 10.3. The molecule has 0 aromatic carbocycles. The van der Waals surface area contributed by atoms with Crippen molar-refractivity contribution in [2.75, 3.05) is 19.0 Å². The SMILES string of the molecule is CCOCCSc1nc(C)nc(C)c1C#N. The molecule has 86 valence electrons. The van der Waals surface area contributed by atoms with Crippen LogP contribution in [-0.2, 0) is 4.74 Å². The molecule has 5 heteroatoms. The third-order valence-corrected chi connectivity index (χ3v) is 2.89. The first kappa shape index (κ1) is 12.9. The van der Waals surface area contributed by atoms with E-state index in [1.165, 1.54) is 0 Å². The summed E-state index contributed by atoms with van der Waals surface area (Å²) in [4.78, 5) is 8.45. The van der Waals surface area contributed by atoms with Crippen LogP contribution in [0.1, 0.15) is 24.0 Å². The minimum absolute atomic E-state index is 0.576. The van der Waals surface area contributed by atoms with E-state index in [1.807, 2.05) is 20.8 Å². The molecule has 0 aliphatic rings. The lowest BCUT2D eigenvalue weighted by Crippen LogP contribution is -2.01. The number of aromatic nitrogens is 2. The molecule has 0 saturated heterocycles. The Morgan fingerprint density at radius 1 is 1.38 bits per heavy atom. The van der Waals surface area contributed by atoms with Crippen molar-refractivity contribution < 1.29 is 4.74 Å². The summed E-state index contributed by atoms with van der Waals surface area (Å²) in [5.74, 6) is 1.51. The summed E-state index contributed by atoms with van der Waals surface area (Å²) in [7, 11) is 0. The van der Waals surface area contributed by atoms with Crippen molar-refractivity contribution in [3.63, 3.8) is 0 Å². The summed E-state index contributed by atoms with van der Waals surface area (Å²) in [5, 5.41) is 9.77. The van der Waals surface area contributed by atoms with Gasteiger partial charge in [-0.05, 0) is 20.8 Å². The second-order valence-corrected chi connectivity index (χ2v) is 4.28. The van der Waals surface area contributed by atoms with Crippen LogP contribution in [0.25, 0.3) is 0 Å². The van der Waals surface area contributed by atoms with E-state index < -0.39 is 0 Å². The molecule has 0 spiro atoms. The maximum atomic E-state index is 9.02. The Kier molecular flexibility index (Phi) is 5.23. The van der Waals surface area contributed by atoms with Crippen LogP contribution in [-0.4, -0.2) is 28.9 Å². The number of nitrogens with zero attached hydrogens (tertiary/aromatic N) is 3. The Morgan fingerprint density at radius 3 is 2.75 bits per heavy atom. The van der Waals surface area contributed by atoms with Gasteiger partial charge in [-0.2, -0.15) is 5.26 Å². The van der Waals surface area contributed by atoms with Crippen LogP contribution in [0.2, 0.25) is 0 Å². The first-order chi connectivity index (χ1) is 7.69. The van der Waals surface area contributed by atoms with Crippen molar-refractivity contribution in [1.29, 1.82) is 5.26 Å². The molecule has 0 aliphatic heterocycles. The standard InChI is InChI=1S/C11H15N3OS/c1-4-15-5-6-16-11-10(7-12)8(2)13-9(3)14-11/h4-6H2,1-3H3. The van der Waals surface area contributed by atoms with Gasteiger partial charge in [0.1, 0.15) is 22.5 Å². The van der Waals surface area contributed by atoms with Gasteiger partial charge in [0.05, 0.1) is 12.3 Å². The summed E-state index contributed by atoms with van der Waals surface area (Å²) in [6.07, 6.45) is 0. The highest BCUT2D eigenvalue weighted by Crippen LogP contribution is 2.21. The highest BCUT2D eigenvalue weighted by atomic mass is 32.2. The third kappa shape index (κ3) is 3.47. The molecule has 0 saturated carbocycles. The van der Waals surface area contributed by atoms with Crippen LogP contribution in [0.15, 0.2) is 5.03 Å². The van der Waals surface area contributed by atoms with Gasteiger partial charge in [0.25, 0.3) is 0 Å². The van der Waals surface area contributed by atoms with E-state index in [-0.39, 0.29) is 0 Å². The zero-order chi connectivity index (χ0) is 12.0. The predicted molar refractivity (Wildman–Crippen MR) is 63.4 cm³/mol. The number of hydrogen-bond acceptors (Lipinski definition) is 5. The van der Waals surface area contributed by atoms with E-state index in [0.717, 1.165) is 16.5 Å². The molecule has 1 heterocycles. The molecule has 0 atom stereocenters. The Labute approximate surface area is 100 Å². The summed E-state index contributed by atoms with van der Waals surface area (Å²) in [5.41, 5.74) is 1.32. The number of thioether (sulfide) groups is 1. The number of nitriles is 1. The van der Waals surface area contributed by atoms with Gasteiger partial charge in [-0.25, -0.2) is 9.97 Å². The normalized spacial score (nSPS) is 10.1. The fourth-order valence-electron chi connectivity index (χ4n) is 1.26. The smallest absolute Gasteiger partial charge is 0.126 e. The van der Waals surface area contributed by atoms with Gasteiger partial charge in [-0.3, -0.25) is 0 Å². The molecule has 0 unspecified atom stereocenters. The topological polar surface area (TPSA) is 58.8 Å². The summed E-state index contributed by atoms with van der Waals surface area (Å²) in [6, 6.07) is 2.15. The van der Waals surface area contributed by atoms with E-state index in [4.69, 9.17) is 10.00 Å². The molecule has 0 fully saturated rings. The number of ether oxygens (including phenoxy) is 1. The molecule has 1 aromatic heterocycles. The largest absolute Gasteiger partial charge is 0.381 e. The van der Waals surface area contributed by atoms with Gasteiger partial charge >= 0.3 is 0 Å². The number of rotatable bonds is 5. The van der Waals surface area contributed by atoms with Crippen LogP contribution in [0.3, 0.4) is 0 Å². The average Bonchev–Trinajstić information content (AvgIpc) is 2.24. The van der Waals surface area contributed by atoms with Gasteiger partial charge in [0.15, 0.2) is 0 Å². The van der Waals surface area contributed by atoms with Crippen molar-refractivity contribution in [3.05, 3.63) is 17.1 Å². The maximum Gasteiger partial charge on any atom is 0.126 e. The first-order valence-electron chi connectivity index (χ1n) is 5.15. The lowest BCUT2D eigenvalue weighted by Gasteiger charge is -2.06. The summed E-state index contributed by atoms with van der Waals surface area (Å²) in [6.45, 7) is 7.02. The van der Waals surface area contributed by atoms with E-state index >= 15 is 0 Å². The molecular formula is C11H15N3OS. The van der Waals surface area contributed by atoms with Crippen LogP contribution in [0, 0.1) is 25.2 Å². The minimum Gasteiger partial charge on any atom is -0.381 e. The van der Waals surface area contributed by atoms with Gasteiger partial charge in [-0.15, -0.1) is 11.8 Å². The molecule has 1 aromatic rings. The van der Waals surface area contributed by atoms with Crippen molar-refractivity contribution in [2.24, 2.45) is 0 Å². The number of hydrogen-bond donors (Lipinski definition) is 0. The maximum absolute atomic E-state index is 9.02. The van der Waals surface area contributed by atoms with Gasteiger partial charge in [0.2, 0.25) is 0 Å². The minimum atomic E-state index is 0.576. The Bertz CT molecular complexity index is 401. The molecule has 4 nitrogen and oxygen atoms in total. The zero-order valence-corrected chi connectivity index (χ0v) is 10.6. The summed E-state index contributed by atoms with van der Waals surface area (Å²) < 4.78 is 5.24. The van der Waals surface area contributed by atoms with Gasteiger partial charge in [-0.1, -0.05) is 0 Å². The van der Waals surface area contributed by atoms with E-state index in [2.05, 4.69) is 16.0 Å². The van der Waals surface area contributed by atoms with Crippen molar-refractivity contribution in [2.45, 2.75) is 25.8 Å². The predicted octanol–water partition coefficient (Wildman–Crippen LogP) is 2.09.